The topological polar surface area (TPSA) is 14.1 Å². The van der Waals surface area contributed by atoms with Gasteiger partial charge in [0.2, 0.25) is 0 Å². The van der Waals surface area contributed by atoms with Gasteiger partial charge in [0.25, 0.3) is 0 Å². The number of hydrogen-bond acceptors (Lipinski definition) is 0. The van der Waals surface area contributed by atoms with Crippen molar-refractivity contribution in [2.45, 2.75) is 65.3 Å². The van der Waals surface area contributed by atoms with Crippen LogP contribution in [0.2, 0.25) is 0 Å². The van der Waals surface area contributed by atoms with Gasteiger partial charge < -0.3 is 20.2 Å². The van der Waals surface area contributed by atoms with Crippen LogP contribution in [0.5, 0.6) is 0 Å². The summed E-state index contributed by atoms with van der Waals surface area (Å²) in [6, 6.07) is 31.4. The van der Waals surface area contributed by atoms with Gasteiger partial charge in [0.05, 0.1) is 11.1 Å². The van der Waals surface area contributed by atoms with Crippen molar-refractivity contribution in [1.29, 1.82) is 0 Å². The molecule has 42 heavy (non-hydrogen) atoms. The average Bonchev–Trinajstić information content (AvgIpc) is 2.95. The van der Waals surface area contributed by atoms with E-state index < -0.39 is 0 Å². The van der Waals surface area contributed by atoms with Crippen LogP contribution in [0.3, 0.4) is 0 Å². The largest absolute Gasteiger partial charge is 0.672 e. The quantitative estimate of drug-likeness (QED) is 0.127. The van der Waals surface area contributed by atoms with E-state index in [2.05, 4.69) is 145 Å². The standard InChI is InChI=1S/C38H38N.2CH3.Hf/c1-25(2)31-18-9-10-20-36(31)37(39-38-32(26(3)4)21-13-22-33(38)27(5)6)30-17-11-16-29(24-30)35-23-12-15-28-14-7-8-19-34(28)35;;;/h7-22,25-27,37H,1-6H3;2*1H3;/q3*-1;. The van der Waals surface area contributed by atoms with E-state index in [1.165, 1.54) is 33.0 Å². The maximum absolute atomic E-state index is 5.64. The van der Waals surface area contributed by atoms with E-state index in [1.54, 1.807) is 0 Å². The Morgan fingerprint density at radius 1 is 0.667 bits per heavy atom. The second-order valence-electron chi connectivity index (χ2n) is 11.4. The van der Waals surface area contributed by atoms with Gasteiger partial charge in [0.15, 0.2) is 0 Å². The summed E-state index contributed by atoms with van der Waals surface area (Å²) in [5.41, 5.74) is 9.50. The summed E-state index contributed by atoms with van der Waals surface area (Å²) >= 11 is 0. The Balaban J connectivity index is 0.00000205. The summed E-state index contributed by atoms with van der Waals surface area (Å²) in [6.07, 6.45) is 10.3. The smallest absolute Gasteiger partial charge is 0.0751 e. The first-order valence-corrected chi connectivity index (χ1v) is 14.2. The predicted octanol–water partition coefficient (Wildman–Crippen LogP) is 12.0. The van der Waals surface area contributed by atoms with Crippen molar-refractivity contribution < 1.29 is 25.8 Å². The molecule has 1 nitrogen and oxygen atoms in total. The van der Waals surface area contributed by atoms with Gasteiger partial charge in [-0.15, -0.1) is 17.8 Å². The van der Waals surface area contributed by atoms with Gasteiger partial charge in [-0.3, -0.25) is 0 Å². The van der Waals surface area contributed by atoms with Crippen LogP contribution in [0.15, 0.2) is 103 Å². The molecule has 5 rings (SSSR count). The van der Waals surface area contributed by atoms with Gasteiger partial charge in [-0.2, -0.15) is 0 Å². The average molecular weight is 717 g/mol. The number of nitrogens with zero attached hydrogens (tertiary/aromatic N) is 1. The van der Waals surface area contributed by atoms with Crippen molar-refractivity contribution >= 4 is 22.0 Å². The number of benzene rings is 4. The number of rotatable bonds is 8. The molecule has 0 aliphatic heterocycles. The molecule has 0 N–H and O–H groups in total. The summed E-state index contributed by atoms with van der Waals surface area (Å²) in [5.74, 6) is 1.14. The van der Waals surface area contributed by atoms with Crippen molar-refractivity contribution in [1.82, 2.24) is 0 Å². The monoisotopic (exact) mass is 718 g/mol. The second kappa shape index (κ2) is 15.4. The summed E-state index contributed by atoms with van der Waals surface area (Å²) in [5, 5.41) is 8.04. The fourth-order valence-electron chi connectivity index (χ4n) is 5.56. The zero-order chi connectivity index (χ0) is 27.5. The zero-order valence-electron chi connectivity index (χ0n) is 26.5. The van der Waals surface area contributed by atoms with Crippen molar-refractivity contribution in [3.8, 4) is 0 Å². The van der Waals surface area contributed by atoms with E-state index in [4.69, 9.17) is 5.32 Å². The van der Waals surface area contributed by atoms with Gasteiger partial charge in [-0.05, 0) is 47.1 Å². The van der Waals surface area contributed by atoms with Gasteiger partial charge in [-0.25, -0.2) is 0 Å². The Hall–Kier alpha value is -3.06. The Kier molecular flexibility index (Phi) is 12.9. The van der Waals surface area contributed by atoms with Crippen molar-refractivity contribution in [3.05, 3.63) is 163 Å². The van der Waals surface area contributed by atoms with Crippen LogP contribution in [0.25, 0.3) is 21.7 Å². The molecule has 0 heterocycles. The molecule has 0 amide bonds. The molecule has 4 aromatic carbocycles. The SMILES string of the molecule is CC(C)c1ccccc1C([N-]c1c(C(C)C)cccc1C(C)C)C1=CC=CC(c2[c-]ccc3ccccc23)=[C+]1.[CH3-].[CH3-].[Hf]. The Bertz CT molecular complexity index is 1540. The van der Waals surface area contributed by atoms with Gasteiger partial charge in [0.1, 0.15) is 0 Å². The maximum atomic E-state index is 5.64. The molecule has 0 saturated heterocycles. The maximum Gasteiger partial charge on any atom is 0.0751 e. The minimum absolute atomic E-state index is 0. The third kappa shape index (κ3) is 7.28. The van der Waals surface area contributed by atoms with E-state index in [0.29, 0.717) is 17.8 Å². The molecule has 0 radical (unpaired) electrons. The molecule has 1 unspecified atom stereocenters. The third-order valence-electron chi connectivity index (χ3n) is 7.62. The second-order valence-corrected chi connectivity index (χ2v) is 11.4. The van der Waals surface area contributed by atoms with Crippen LogP contribution >= 0.6 is 0 Å². The van der Waals surface area contributed by atoms with E-state index in [9.17, 15) is 0 Å². The summed E-state index contributed by atoms with van der Waals surface area (Å²) in [6.45, 7) is 13.6. The first-order valence-electron chi connectivity index (χ1n) is 14.2. The van der Waals surface area contributed by atoms with Crippen LogP contribution in [0, 0.1) is 27.0 Å². The van der Waals surface area contributed by atoms with Crippen LogP contribution in [-0.2, 0) is 25.8 Å². The molecule has 1 aliphatic rings. The summed E-state index contributed by atoms with van der Waals surface area (Å²) in [4.78, 5) is 0. The molecule has 0 fully saturated rings. The molecule has 0 aromatic heterocycles. The molecular formula is C40H44HfN-3. The van der Waals surface area contributed by atoms with Crippen LogP contribution in [0.4, 0.5) is 5.69 Å². The summed E-state index contributed by atoms with van der Waals surface area (Å²) in [7, 11) is 0. The van der Waals surface area contributed by atoms with Crippen LogP contribution in [0.1, 0.15) is 93.2 Å². The molecule has 2 heteroatoms. The molecule has 0 saturated carbocycles. The van der Waals surface area contributed by atoms with Crippen LogP contribution < -0.4 is 0 Å². The van der Waals surface area contributed by atoms with Gasteiger partial charge in [-0.1, -0.05) is 142 Å². The number of allylic oxidation sites excluding steroid dienone is 4. The third-order valence-corrected chi connectivity index (χ3v) is 7.62. The number of hydrogen-bond donors (Lipinski definition) is 0. The Morgan fingerprint density at radius 3 is 1.88 bits per heavy atom. The zero-order valence-corrected chi connectivity index (χ0v) is 30.1. The fraction of sp³-hybridized carbons (Fsp3) is 0.250. The number of para-hydroxylation sites is 1. The molecular weight excluding hydrogens is 673 g/mol. The van der Waals surface area contributed by atoms with E-state index in [-0.39, 0.29) is 46.7 Å². The molecule has 1 aliphatic carbocycles. The first kappa shape index (κ1) is 35.1. The van der Waals surface area contributed by atoms with Crippen LogP contribution in [-0.4, -0.2) is 0 Å². The van der Waals surface area contributed by atoms with E-state index in [0.717, 1.165) is 22.4 Å². The van der Waals surface area contributed by atoms with Crippen molar-refractivity contribution in [3.63, 3.8) is 0 Å². The molecule has 216 valence electrons. The van der Waals surface area contributed by atoms with E-state index in [1.807, 2.05) is 6.07 Å². The van der Waals surface area contributed by atoms with E-state index >= 15 is 0 Å². The molecule has 1 atom stereocenters. The fourth-order valence-corrected chi connectivity index (χ4v) is 5.56. The Morgan fingerprint density at radius 2 is 1.24 bits per heavy atom. The Labute approximate surface area is 274 Å². The van der Waals surface area contributed by atoms with Gasteiger partial charge >= 0.3 is 0 Å². The summed E-state index contributed by atoms with van der Waals surface area (Å²) < 4.78 is 0. The van der Waals surface area contributed by atoms with Gasteiger partial charge in [0, 0.05) is 38.0 Å². The molecule has 0 bridgehead atoms. The minimum Gasteiger partial charge on any atom is -0.672 e. The van der Waals surface area contributed by atoms with Crippen molar-refractivity contribution in [2.75, 3.05) is 0 Å². The normalized spacial score (nSPS) is 13.0. The first-order chi connectivity index (χ1) is 18.8. The number of fused-ring (bicyclic) bond motifs is 1. The molecule has 0 spiro atoms. The molecule has 4 aromatic rings. The predicted molar refractivity (Wildman–Crippen MR) is 180 cm³/mol. The minimum atomic E-state index is -0.170. The van der Waals surface area contributed by atoms with Crippen molar-refractivity contribution in [2.24, 2.45) is 0 Å².